The van der Waals surface area contributed by atoms with Crippen LogP contribution in [-0.2, 0) is 6.42 Å². The number of hydrogen-bond acceptors (Lipinski definition) is 2. The summed E-state index contributed by atoms with van der Waals surface area (Å²) in [7, 11) is 0. The van der Waals surface area contributed by atoms with E-state index in [2.05, 4.69) is 29.3 Å². The van der Waals surface area contributed by atoms with Gasteiger partial charge < -0.3 is 15.1 Å². The van der Waals surface area contributed by atoms with Gasteiger partial charge in [0.2, 0.25) is 0 Å². The smallest absolute Gasteiger partial charge is 0.317 e. The van der Waals surface area contributed by atoms with Crippen LogP contribution in [0.5, 0.6) is 0 Å². The molecule has 0 bridgehead atoms. The number of benzene rings is 2. The third-order valence-corrected chi connectivity index (χ3v) is 4.85. The lowest BCUT2D eigenvalue weighted by atomic mass is 10.1. The Bertz CT molecular complexity index is 712. The fraction of sp³-hybridized carbons (Fsp3) is 0.350. The van der Waals surface area contributed by atoms with E-state index in [0.29, 0.717) is 6.54 Å². The van der Waals surface area contributed by atoms with Crippen LogP contribution in [0.4, 0.5) is 10.5 Å². The molecule has 1 heterocycles. The van der Waals surface area contributed by atoms with E-state index in [9.17, 15) is 4.79 Å². The van der Waals surface area contributed by atoms with Gasteiger partial charge >= 0.3 is 6.03 Å². The fourth-order valence-electron chi connectivity index (χ4n) is 3.14. The van der Waals surface area contributed by atoms with Gasteiger partial charge in [-0.2, -0.15) is 0 Å². The zero-order valence-electron chi connectivity index (χ0n) is 14.5. The van der Waals surface area contributed by atoms with Gasteiger partial charge in [0.15, 0.2) is 0 Å². The number of aryl methyl sites for hydroxylation is 1. The molecular formula is C20H24ClN3O. The molecule has 0 spiro atoms. The quantitative estimate of drug-likeness (QED) is 0.905. The van der Waals surface area contributed by atoms with Crippen LogP contribution < -0.4 is 10.2 Å². The fourth-order valence-corrected chi connectivity index (χ4v) is 3.31. The molecule has 2 aromatic carbocycles. The van der Waals surface area contributed by atoms with Crippen LogP contribution >= 0.6 is 11.6 Å². The molecule has 0 saturated carbocycles. The van der Waals surface area contributed by atoms with Gasteiger partial charge in [-0.25, -0.2) is 4.79 Å². The minimum Gasteiger partial charge on any atom is -0.368 e. The van der Waals surface area contributed by atoms with E-state index < -0.39 is 0 Å². The minimum atomic E-state index is 0.0263. The van der Waals surface area contributed by atoms with Crippen molar-refractivity contribution in [1.82, 2.24) is 10.2 Å². The molecule has 4 nitrogen and oxygen atoms in total. The number of urea groups is 1. The summed E-state index contributed by atoms with van der Waals surface area (Å²) in [6, 6.07) is 16.2. The molecular weight excluding hydrogens is 334 g/mol. The van der Waals surface area contributed by atoms with E-state index >= 15 is 0 Å². The lowest BCUT2D eigenvalue weighted by molar-refractivity contribution is 0.194. The van der Waals surface area contributed by atoms with E-state index in [0.717, 1.165) is 43.3 Å². The SMILES string of the molecule is Cc1ccc(Cl)cc1N1CCN(C(=O)NCCc2ccccc2)CC1. The van der Waals surface area contributed by atoms with Gasteiger partial charge in [-0.3, -0.25) is 0 Å². The first kappa shape index (κ1) is 17.6. The van der Waals surface area contributed by atoms with Crippen molar-refractivity contribution in [3.05, 3.63) is 64.7 Å². The summed E-state index contributed by atoms with van der Waals surface area (Å²) in [5.74, 6) is 0. The number of carbonyl (C=O) groups is 1. The first-order chi connectivity index (χ1) is 12.1. The van der Waals surface area contributed by atoms with Crippen LogP contribution in [0.1, 0.15) is 11.1 Å². The van der Waals surface area contributed by atoms with E-state index in [-0.39, 0.29) is 6.03 Å². The Labute approximate surface area is 154 Å². The Morgan fingerprint density at radius 2 is 1.80 bits per heavy atom. The number of halogens is 1. The Balaban J connectivity index is 1.47. The summed E-state index contributed by atoms with van der Waals surface area (Å²) in [4.78, 5) is 16.5. The number of anilines is 1. The number of rotatable bonds is 4. The molecule has 0 atom stereocenters. The van der Waals surface area contributed by atoms with Crippen molar-refractivity contribution in [3.8, 4) is 0 Å². The predicted octanol–water partition coefficient (Wildman–Crippen LogP) is 3.72. The summed E-state index contributed by atoms with van der Waals surface area (Å²) in [6.07, 6.45) is 0.855. The maximum atomic E-state index is 12.3. The molecule has 1 N–H and O–H groups in total. The average Bonchev–Trinajstić information content (AvgIpc) is 2.65. The van der Waals surface area contributed by atoms with E-state index in [1.54, 1.807) is 0 Å². The van der Waals surface area contributed by atoms with Gasteiger partial charge in [0.25, 0.3) is 0 Å². The van der Waals surface area contributed by atoms with Crippen LogP contribution in [0.25, 0.3) is 0 Å². The summed E-state index contributed by atoms with van der Waals surface area (Å²) in [6.45, 7) is 5.86. The maximum absolute atomic E-state index is 12.3. The van der Waals surface area contributed by atoms with Crippen LogP contribution in [0.3, 0.4) is 0 Å². The zero-order valence-corrected chi connectivity index (χ0v) is 15.3. The first-order valence-electron chi connectivity index (χ1n) is 8.71. The highest BCUT2D eigenvalue weighted by molar-refractivity contribution is 6.30. The Kier molecular flexibility index (Phi) is 5.82. The Morgan fingerprint density at radius 1 is 1.08 bits per heavy atom. The van der Waals surface area contributed by atoms with Crippen molar-refractivity contribution < 1.29 is 4.79 Å². The van der Waals surface area contributed by atoms with Crippen LogP contribution in [0.15, 0.2) is 48.5 Å². The van der Waals surface area contributed by atoms with Gasteiger partial charge in [0, 0.05) is 43.4 Å². The minimum absolute atomic E-state index is 0.0263. The molecule has 25 heavy (non-hydrogen) atoms. The second-order valence-electron chi connectivity index (χ2n) is 6.37. The summed E-state index contributed by atoms with van der Waals surface area (Å²) in [5.41, 5.74) is 3.62. The number of nitrogens with one attached hydrogen (secondary N) is 1. The van der Waals surface area contributed by atoms with Crippen LogP contribution in [0, 0.1) is 6.92 Å². The lowest BCUT2D eigenvalue weighted by Gasteiger charge is -2.36. The van der Waals surface area contributed by atoms with Crippen molar-refractivity contribution in [2.75, 3.05) is 37.6 Å². The van der Waals surface area contributed by atoms with Crippen molar-refractivity contribution >= 4 is 23.3 Å². The number of piperazine rings is 1. The molecule has 132 valence electrons. The van der Waals surface area contributed by atoms with Crippen molar-refractivity contribution in [2.45, 2.75) is 13.3 Å². The molecule has 2 amide bonds. The second kappa shape index (κ2) is 8.26. The predicted molar refractivity (Wildman–Crippen MR) is 104 cm³/mol. The molecule has 1 aliphatic heterocycles. The first-order valence-corrected chi connectivity index (χ1v) is 9.09. The largest absolute Gasteiger partial charge is 0.368 e. The Hall–Kier alpha value is -2.20. The standard InChI is InChI=1S/C20H24ClN3O/c1-16-7-8-18(21)15-19(16)23-11-13-24(14-12-23)20(25)22-10-9-17-5-3-2-4-6-17/h2-8,15H,9-14H2,1H3,(H,22,25). The van der Waals surface area contributed by atoms with Gasteiger partial charge in [-0.1, -0.05) is 48.0 Å². The Morgan fingerprint density at radius 3 is 2.52 bits per heavy atom. The van der Waals surface area contributed by atoms with E-state index in [1.165, 1.54) is 11.1 Å². The van der Waals surface area contributed by atoms with Crippen LogP contribution in [-0.4, -0.2) is 43.7 Å². The van der Waals surface area contributed by atoms with E-state index in [4.69, 9.17) is 11.6 Å². The monoisotopic (exact) mass is 357 g/mol. The normalized spacial score (nSPS) is 14.5. The lowest BCUT2D eigenvalue weighted by Crippen LogP contribution is -2.52. The third-order valence-electron chi connectivity index (χ3n) is 4.61. The summed E-state index contributed by atoms with van der Waals surface area (Å²) < 4.78 is 0. The van der Waals surface area contributed by atoms with Gasteiger partial charge in [-0.15, -0.1) is 0 Å². The molecule has 1 aliphatic rings. The molecule has 1 fully saturated rings. The van der Waals surface area contributed by atoms with Crippen molar-refractivity contribution in [3.63, 3.8) is 0 Å². The topological polar surface area (TPSA) is 35.6 Å². The number of amides is 2. The molecule has 1 saturated heterocycles. The number of carbonyl (C=O) groups excluding carboxylic acids is 1. The van der Waals surface area contributed by atoms with Crippen molar-refractivity contribution in [2.24, 2.45) is 0 Å². The average molecular weight is 358 g/mol. The maximum Gasteiger partial charge on any atom is 0.317 e. The molecule has 3 rings (SSSR count). The molecule has 2 aromatic rings. The molecule has 0 aliphatic carbocycles. The van der Waals surface area contributed by atoms with Gasteiger partial charge in [-0.05, 0) is 36.6 Å². The molecule has 0 unspecified atom stereocenters. The number of nitrogens with zero attached hydrogens (tertiary/aromatic N) is 2. The van der Waals surface area contributed by atoms with Gasteiger partial charge in [0.1, 0.15) is 0 Å². The van der Waals surface area contributed by atoms with Crippen LogP contribution in [0.2, 0.25) is 5.02 Å². The highest BCUT2D eigenvalue weighted by atomic mass is 35.5. The molecule has 0 aromatic heterocycles. The summed E-state index contributed by atoms with van der Waals surface area (Å²) >= 11 is 6.12. The highest BCUT2D eigenvalue weighted by Gasteiger charge is 2.21. The zero-order chi connectivity index (χ0) is 17.6. The van der Waals surface area contributed by atoms with E-state index in [1.807, 2.05) is 41.3 Å². The third kappa shape index (κ3) is 4.67. The van der Waals surface area contributed by atoms with Gasteiger partial charge in [0.05, 0.1) is 0 Å². The molecule has 0 radical (unpaired) electrons. The molecule has 5 heteroatoms. The summed E-state index contributed by atoms with van der Waals surface area (Å²) in [5, 5.41) is 3.77. The number of hydrogen-bond donors (Lipinski definition) is 1. The second-order valence-corrected chi connectivity index (χ2v) is 6.81. The highest BCUT2D eigenvalue weighted by Crippen LogP contribution is 2.25. The van der Waals surface area contributed by atoms with Crippen molar-refractivity contribution in [1.29, 1.82) is 0 Å².